The first kappa shape index (κ1) is 8.01. The van der Waals surface area contributed by atoms with Crippen molar-refractivity contribution in [1.82, 2.24) is 0 Å². The molecule has 3 rings (SSSR count). The van der Waals surface area contributed by atoms with E-state index in [1.165, 1.54) is 19.3 Å². The first-order chi connectivity index (χ1) is 6.28. The summed E-state index contributed by atoms with van der Waals surface area (Å²) < 4.78 is 0. The quantitative estimate of drug-likeness (QED) is 0.590. The Morgan fingerprint density at radius 2 is 2.23 bits per heavy atom. The molecule has 2 fully saturated rings. The Balaban J connectivity index is 2.03. The zero-order chi connectivity index (χ0) is 9.05. The van der Waals surface area contributed by atoms with Crippen molar-refractivity contribution in [3.8, 4) is 0 Å². The monoisotopic (exact) mass is 180 g/mol. The molecule has 2 nitrogen and oxygen atoms in total. The van der Waals surface area contributed by atoms with Crippen LogP contribution in [0.4, 0.5) is 0 Å². The normalized spacial score (nSPS) is 57.4. The average Bonchev–Trinajstić information content (AvgIpc) is 2.77. The van der Waals surface area contributed by atoms with E-state index < -0.39 is 0 Å². The van der Waals surface area contributed by atoms with Crippen LogP contribution in [0.3, 0.4) is 0 Å². The van der Waals surface area contributed by atoms with Crippen molar-refractivity contribution in [2.24, 2.45) is 23.2 Å². The molecule has 3 aliphatic carbocycles. The lowest BCUT2D eigenvalue weighted by atomic mass is 9.68. The molecule has 5 atom stereocenters. The smallest absolute Gasteiger partial charge is 0.0761 e. The van der Waals surface area contributed by atoms with Gasteiger partial charge in [-0.25, -0.2) is 0 Å². The SMILES string of the molecule is OC[C@@]12C=C[C@H](O)C1C1CCC2C1. The molecule has 13 heavy (non-hydrogen) atoms. The Bertz CT molecular complexity index is 261. The van der Waals surface area contributed by atoms with Crippen molar-refractivity contribution in [1.29, 1.82) is 0 Å². The van der Waals surface area contributed by atoms with E-state index in [0.717, 1.165) is 0 Å². The van der Waals surface area contributed by atoms with Crippen LogP contribution in [0.1, 0.15) is 19.3 Å². The average molecular weight is 180 g/mol. The van der Waals surface area contributed by atoms with Crippen LogP contribution in [0.25, 0.3) is 0 Å². The lowest BCUT2D eigenvalue weighted by molar-refractivity contribution is 0.0116. The Hall–Kier alpha value is -0.340. The van der Waals surface area contributed by atoms with Gasteiger partial charge in [0.15, 0.2) is 0 Å². The van der Waals surface area contributed by atoms with Crippen molar-refractivity contribution in [2.45, 2.75) is 25.4 Å². The minimum atomic E-state index is -0.289. The molecule has 2 N–H and O–H groups in total. The van der Waals surface area contributed by atoms with E-state index in [1.807, 2.05) is 6.08 Å². The predicted molar refractivity (Wildman–Crippen MR) is 49.0 cm³/mol. The molecule has 72 valence electrons. The van der Waals surface area contributed by atoms with Gasteiger partial charge in [-0.15, -0.1) is 0 Å². The van der Waals surface area contributed by atoms with Crippen LogP contribution in [0, 0.1) is 23.2 Å². The molecule has 0 radical (unpaired) electrons. The maximum absolute atomic E-state index is 9.82. The molecule has 3 aliphatic rings. The summed E-state index contributed by atoms with van der Waals surface area (Å²) in [7, 11) is 0. The Labute approximate surface area is 78.3 Å². The summed E-state index contributed by atoms with van der Waals surface area (Å²) in [5.41, 5.74) is -0.0394. The summed E-state index contributed by atoms with van der Waals surface area (Å²) in [4.78, 5) is 0. The van der Waals surface area contributed by atoms with Gasteiger partial charge in [0.1, 0.15) is 0 Å². The highest BCUT2D eigenvalue weighted by molar-refractivity contribution is 5.24. The molecule has 2 heteroatoms. The molecular weight excluding hydrogens is 164 g/mol. The lowest BCUT2D eigenvalue weighted by Gasteiger charge is -2.38. The van der Waals surface area contributed by atoms with Crippen LogP contribution in [-0.4, -0.2) is 22.9 Å². The van der Waals surface area contributed by atoms with Gasteiger partial charge in [0, 0.05) is 11.3 Å². The molecular formula is C11H16O2. The number of aliphatic hydroxyl groups excluding tert-OH is 2. The second kappa shape index (κ2) is 2.37. The molecule has 0 heterocycles. The number of rotatable bonds is 1. The highest BCUT2D eigenvalue weighted by atomic mass is 16.3. The third-order valence-electron chi connectivity index (χ3n) is 4.61. The summed E-state index contributed by atoms with van der Waals surface area (Å²) in [6, 6.07) is 0. The van der Waals surface area contributed by atoms with Crippen molar-refractivity contribution >= 4 is 0 Å². The van der Waals surface area contributed by atoms with Gasteiger partial charge in [-0.1, -0.05) is 12.2 Å². The van der Waals surface area contributed by atoms with E-state index in [0.29, 0.717) is 17.8 Å². The third-order valence-corrected chi connectivity index (χ3v) is 4.61. The number of hydrogen-bond donors (Lipinski definition) is 2. The molecule has 0 saturated heterocycles. The fraction of sp³-hybridized carbons (Fsp3) is 0.818. The lowest BCUT2D eigenvalue weighted by Crippen LogP contribution is -2.39. The summed E-state index contributed by atoms with van der Waals surface area (Å²) in [5, 5.41) is 19.3. The van der Waals surface area contributed by atoms with Gasteiger partial charge >= 0.3 is 0 Å². The summed E-state index contributed by atoms with van der Waals surface area (Å²) in [6.45, 7) is 0.229. The zero-order valence-electron chi connectivity index (χ0n) is 7.69. The highest BCUT2D eigenvalue weighted by Gasteiger charge is 2.60. The van der Waals surface area contributed by atoms with Gasteiger partial charge < -0.3 is 10.2 Å². The zero-order valence-corrected chi connectivity index (χ0v) is 7.69. The van der Waals surface area contributed by atoms with E-state index in [9.17, 15) is 10.2 Å². The van der Waals surface area contributed by atoms with E-state index in [4.69, 9.17) is 0 Å². The molecule has 0 spiro atoms. The van der Waals surface area contributed by atoms with Crippen LogP contribution in [0.15, 0.2) is 12.2 Å². The number of fused-ring (bicyclic) bond motifs is 5. The van der Waals surface area contributed by atoms with Gasteiger partial charge in [-0.2, -0.15) is 0 Å². The van der Waals surface area contributed by atoms with Gasteiger partial charge in [-0.3, -0.25) is 0 Å². The maximum Gasteiger partial charge on any atom is 0.0761 e. The molecule has 2 saturated carbocycles. The predicted octanol–water partition coefficient (Wildman–Crippen LogP) is 0.942. The Morgan fingerprint density at radius 1 is 1.38 bits per heavy atom. The number of aliphatic hydroxyl groups is 2. The second-order valence-corrected chi connectivity index (χ2v) is 4.92. The highest BCUT2D eigenvalue weighted by Crippen LogP contribution is 2.63. The van der Waals surface area contributed by atoms with Crippen molar-refractivity contribution < 1.29 is 10.2 Å². The second-order valence-electron chi connectivity index (χ2n) is 4.92. The largest absolute Gasteiger partial charge is 0.395 e. The van der Waals surface area contributed by atoms with E-state index in [1.54, 1.807) is 0 Å². The third kappa shape index (κ3) is 0.767. The van der Waals surface area contributed by atoms with Crippen LogP contribution >= 0.6 is 0 Å². The minimum Gasteiger partial charge on any atom is -0.395 e. The first-order valence-corrected chi connectivity index (χ1v) is 5.26. The molecule has 0 aromatic carbocycles. The topological polar surface area (TPSA) is 40.5 Å². The van der Waals surface area contributed by atoms with E-state index in [-0.39, 0.29) is 18.1 Å². The van der Waals surface area contributed by atoms with Crippen molar-refractivity contribution in [3.63, 3.8) is 0 Å². The first-order valence-electron chi connectivity index (χ1n) is 5.26. The van der Waals surface area contributed by atoms with Gasteiger partial charge in [0.25, 0.3) is 0 Å². The standard InChI is InChI=1S/C11H16O2/c12-6-11-4-3-9(13)10(11)7-1-2-8(11)5-7/h3-4,7-10,12-13H,1-2,5-6H2/t7?,8?,9-,10?,11+/m0/s1. The summed E-state index contributed by atoms with van der Waals surface area (Å²) in [6.07, 6.45) is 7.43. The van der Waals surface area contributed by atoms with Crippen LogP contribution in [-0.2, 0) is 0 Å². The minimum absolute atomic E-state index is 0.0394. The molecule has 0 aromatic rings. The van der Waals surface area contributed by atoms with Crippen molar-refractivity contribution in [2.75, 3.05) is 6.61 Å². The fourth-order valence-corrected chi connectivity index (χ4v) is 4.07. The molecule has 0 aromatic heterocycles. The van der Waals surface area contributed by atoms with Crippen molar-refractivity contribution in [3.05, 3.63) is 12.2 Å². The van der Waals surface area contributed by atoms with Crippen LogP contribution in [0.5, 0.6) is 0 Å². The molecule has 0 amide bonds. The Morgan fingerprint density at radius 3 is 2.92 bits per heavy atom. The van der Waals surface area contributed by atoms with Crippen LogP contribution < -0.4 is 0 Å². The van der Waals surface area contributed by atoms with E-state index >= 15 is 0 Å². The molecule has 3 unspecified atom stereocenters. The van der Waals surface area contributed by atoms with Crippen LogP contribution in [0.2, 0.25) is 0 Å². The number of hydrogen-bond acceptors (Lipinski definition) is 2. The van der Waals surface area contributed by atoms with Gasteiger partial charge in [-0.05, 0) is 31.1 Å². The summed E-state index contributed by atoms with van der Waals surface area (Å²) in [5.74, 6) is 1.64. The molecule has 0 aliphatic heterocycles. The molecule has 2 bridgehead atoms. The fourth-order valence-electron chi connectivity index (χ4n) is 4.07. The van der Waals surface area contributed by atoms with Gasteiger partial charge in [0.05, 0.1) is 12.7 Å². The Kier molecular flexibility index (Phi) is 1.46. The van der Waals surface area contributed by atoms with Gasteiger partial charge in [0.2, 0.25) is 0 Å². The summed E-state index contributed by atoms with van der Waals surface area (Å²) >= 11 is 0. The maximum atomic E-state index is 9.82. The van der Waals surface area contributed by atoms with E-state index in [2.05, 4.69) is 6.08 Å².